The van der Waals surface area contributed by atoms with Crippen molar-refractivity contribution in [3.63, 3.8) is 0 Å². The van der Waals surface area contributed by atoms with Crippen LogP contribution >= 0.6 is 0 Å². The molecule has 0 saturated carbocycles. The number of ketones is 1. The number of benzene rings is 2. The van der Waals surface area contributed by atoms with Crippen LogP contribution in [0.1, 0.15) is 23.2 Å². The van der Waals surface area contributed by atoms with E-state index in [1.165, 1.54) is 4.90 Å². The molecular formula is C23H21NO5. The van der Waals surface area contributed by atoms with Gasteiger partial charge in [0.15, 0.2) is 12.4 Å². The minimum atomic E-state index is -0.318. The summed E-state index contributed by atoms with van der Waals surface area (Å²) in [7, 11) is 1.56. The Bertz CT molecular complexity index is 953. The second kappa shape index (κ2) is 7.91. The summed E-state index contributed by atoms with van der Waals surface area (Å²) in [5, 5.41) is 0. The summed E-state index contributed by atoms with van der Waals surface area (Å²) in [6, 6.07) is 13.6. The number of ether oxygens (including phenoxy) is 2. The lowest BCUT2D eigenvalue weighted by Gasteiger charge is -2.19. The fourth-order valence-electron chi connectivity index (χ4n) is 3.81. The third-order valence-electron chi connectivity index (χ3n) is 5.38. The van der Waals surface area contributed by atoms with E-state index in [2.05, 4.69) is 0 Å². The van der Waals surface area contributed by atoms with Crippen molar-refractivity contribution in [2.45, 2.75) is 12.8 Å². The minimum absolute atomic E-state index is 0.200. The van der Waals surface area contributed by atoms with E-state index in [0.29, 0.717) is 35.6 Å². The van der Waals surface area contributed by atoms with Crippen LogP contribution in [0, 0.1) is 11.8 Å². The van der Waals surface area contributed by atoms with E-state index in [1.54, 1.807) is 55.6 Å². The first-order valence-electron chi connectivity index (χ1n) is 9.52. The number of para-hydroxylation sites is 2. The van der Waals surface area contributed by atoms with E-state index in [4.69, 9.17) is 9.47 Å². The molecule has 2 aliphatic rings. The van der Waals surface area contributed by atoms with Crippen molar-refractivity contribution in [2.75, 3.05) is 18.6 Å². The minimum Gasteiger partial charge on any atom is -0.497 e. The van der Waals surface area contributed by atoms with Crippen LogP contribution in [0.25, 0.3) is 0 Å². The molecule has 2 aromatic rings. The first kappa shape index (κ1) is 18.9. The Morgan fingerprint density at radius 3 is 2.21 bits per heavy atom. The molecular weight excluding hydrogens is 370 g/mol. The maximum atomic E-state index is 12.9. The van der Waals surface area contributed by atoms with Gasteiger partial charge in [0.2, 0.25) is 11.8 Å². The Morgan fingerprint density at radius 2 is 1.59 bits per heavy atom. The van der Waals surface area contributed by atoms with E-state index < -0.39 is 0 Å². The number of Topliss-reactive ketones (excluding diaryl/α,β-unsaturated/α-hetero) is 1. The first-order chi connectivity index (χ1) is 14.1. The van der Waals surface area contributed by atoms with Crippen molar-refractivity contribution in [1.82, 2.24) is 0 Å². The molecule has 6 heteroatoms. The normalized spacial score (nSPS) is 20.5. The molecule has 4 rings (SSSR count). The summed E-state index contributed by atoms with van der Waals surface area (Å²) < 4.78 is 10.8. The maximum Gasteiger partial charge on any atom is 0.238 e. The fraction of sp³-hybridized carbons (Fsp3) is 0.261. The molecule has 2 amide bonds. The Balaban J connectivity index is 1.52. The fourth-order valence-corrected chi connectivity index (χ4v) is 3.81. The molecule has 2 aromatic carbocycles. The number of carbonyl (C=O) groups excluding carboxylic acids is 3. The molecule has 0 aromatic heterocycles. The average Bonchev–Trinajstić information content (AvgIpc) is 3.02. The van der Waals surface area contributed by atoms with Gasteiger partial charge in [0.25, 0.3) is 0 Å². The molecule has 0 bridgehead atoms. The van der Waals surface area contributed by atoms with Gasteiger partial charge in [-0.2, -0.15) is 0 Å². The maximum absolute atomic E-state index is 12.9. The standard InChI is InChI=1S/C23H21NO5/c1-28-16-12-10-15(11-13-16)20(25)14-29-21-9-5-4-8-19(21)24-22(26)17-6-2-3-7-18(17)23(24)27/h2-5,8-13,17-18H,6-7,14H2,1H3. The molecule has 1 aliphatic carbocycles. The number of methoxy groups -OCH3 is 1. The molecule has 6 nitrogen and oxygen atoms in total. The van der Waals surface area contributed by atoms with Crippen molar-refractivity contribution in [2.24, 2.45) is 11.8 Å². The molecule has 0 spiro atoms. The Morgan fingerprint density at radius 1 is 0.966 bits per heavy atom. The summed E-state index contributed by atoms with van der Waals surface area (Å²) in [6.45, 7) is -0.200. The van der Waals surface area contributed by atoms with Crippen LogP contribution in [-0.2, 0) is 9.59 Å². The molecule has 29 heavy (non-hydrogen) atoms. The van der Waals surface area contributed by atoms with Gasteiger partial charge in [0.05, 0.1) is 24.6 Å². The van der Waals surface area contributed by atoms with Gasteiger partial charge in [0.1, 0.15) is 11.5 Å². The SMILES string of the molecule is COc1ccc(C(=O)COc2ccccc2N2C(=O)C3CC=CCC3C2=O)cc1. The number of imide groups is 1. The zero-order chi connectivity index (χ0) is 20.4. The van der Waals surface area contributed by atoms with Crippen molar-refractivity contribution in [3.05, 3.63) is 66.2 Å². The van der Waals surface area contributed by atoms with E-state index >= 15 is 0 Å². The molecule has 2 atom stereocenters. The third-order valence-corrected chi connectivity index (χ3v) is 5.38. The van der Waals surface area contributed by atoms with Crippen molar-refractivity contribution >= 4 is 23.3 Å². The third kappa shape index (κ3) is 3.53. The summed E-state index contributed by atoms with van der Waals surface area (Å²) in [4.78, 5) is 39.4. The van der Waals surface area contributed by atoms with E-state index in [1.807, 2.05) is 12.2 Å². The van der Waals surface area contributed by atoms with Crippen molar-refractivity contribution < 1.29 is 23.9 Å². The Kier molecular flexibility index (Phi) is 5.16. The summed E-state index contributed by atoms with van der Waals surface area (Å²) in [5.41, 5.74) is 0.883. The highest BCUT2D eigenvalue weighted by Gasteiger charge is 2.48. The Labute approximate surface area is 168 Å². The molecule has 1 fully saturated rings. The lowest BCUT2D eigenvalue weighted by atomic mass is 9.85. The van der Waals surface area contributed by atoms with Crippen LogP contribution in [0.15, 0.2) is 60.7 Å². The number of allylic oxidation sites excluding steroid dienone is 2. The number of amides is 2. The molecule has 0 N–H and O–H groups in total. The lowest BCUT2D eigenvalue weighted by Crippen LogP contribution is -2.31. The number of carbonyl (C=O) groups is 3. The topological polar surface area (TPSA) is 72.9 Å². The van der Waals surface area contributed by atoms with Crippen LogP contribution in [-0.4, -0.2) is 31.3 Å². The molecule has 2 unspecified atom stereocenters. The lowest BCUT2D eigenvalue weighted by molar-refractivity contribution is -0.122. The average molecular weight is 391 g/mol. The molecule has 1 aliphatic heterocycles. The van der Waals surface area contributed by atoms with Crippen molar-refractivity contribution in [1.29, 1.82) is 0 Å². The van der Waals surface area contributed by atoms with Gasteiger partial charge in [0, 0.05) is 5.56 Å². The van der Waals surface area contributed by atoms with E-state index in [0.717, 1.165) is 0 Å². The van der Waals surface area contributed by atoms with Crippen LogP contribution in [0.4, 0.5) is 5.69 Å². The Hall–Kier alpha value is -3.41. The predicted octanol–water partition coefficient (Wildman–Crippen LogP) is 3.41. The smallest absolute Gasteiger partial charge is 0.238 e. The number of nitrogens with zero attached hydrogens (tertiary/aromatic N) is 1. The number of hydrogen-bond donors (Lipinski definition) is 0. The van der Waals surface area contributed by atoms with Gasteiger partial charge >= 0.3 is 0 Å². The zero-order valence-electron chi connectivity index (χ0n) is 16.0. The predicted molar refractivity (Wildman–Crippen MR) is 107 cm³/mol. The van der Waals surface area contributed by atoms with E-state index in [9.17, 15) is 14.4 Å². The summed E-state index contributed by atoms with van der Waals surface area (Å²) in [6.07, 6.45) is 5.05. The highest BCUT2D eigenvalue weighted by molar-refractivity contribution is 6.22. The first-order valence-corrected chi connectivity index (χ1v) is 9.52. The monoisotopic (exact) mass is 391 g/mol. The van der Waals surface area contributed by atoms with Gasteiger partial charge < -0.3 is 9.47 Å². The largest absolute Gasteiger partial charge is 0.497 e. The van der Waals surface area contributed by atoms with Gasteiger partial charge in [-0.1, -0.05) is 24.3 Å². The quantitative estimate of drug-likeness (QED) is 0.429. The highest BCUT2D eigenvalue weighted by atomic mass is 16.5. The zero-order valence-corrected chi connectivity index (χ0v) is 16.0. The van der Waals surface area contributed by atoms with E-state index in [-0.39, 0.29) is 36.0 Å². The van der Waals surface area contributed by atoms with Crippen LogP contribution in [0.5, 0.6) is 11.5 Å². The van der Waals surface area contributed by atoms with Gasteiger partial charge in [-0.3, -0.25) is 14.4 Å². The number of fused-ring (bicyclic) bond motifs is 1. The number of rotatable bonds is 6. The molecule has 1 heterocycles. The summed E-state index contributed by atoms with van der Waals surface area (Å²) in [5.74, 6) is -0.261. The molecule has 0 radical (unpaired) electrons. The number of hydrogen-bond acceptors (Lipinski definition) is 5. The van der Waals surface area contributed by atoms with Crippen LogP contribution in [0.3, 0.4) is 0 Å². The molecule has 148 valence electrons. The second-order valence-corrected chi connectivity index (χ2v) is 7.08. The van der Waals surface area contributed by atoms with Crippen molar-refractivity contribution in [3.8, 4) is 11.5 Å². The second-order valence-electron chi connectivity index (χ2n) is 7.08. The van der Waals surface area contributed by atoms with Gasteiger partial charge in [-0.05, 0) is 49.2 Å². The van der Waals surface area contributed by atoms with Gasteiger partial charge in [-0.15, -0.1) is 0 Å². The summed E-state index contributed by atoms with van der Waals surface area (Å²) >= 11 is 0. The van der Waals surface area contributed by atoms with Crippen LogP contribution < -0.4 is 14.4 Å². The number of anilines is 1. The van der Waals surface area contributed by atoms with Gasteiger partial charge in [-0.25, -0.2) is 4.90 Å². The molecule has 1 saturated heterocycles. The highest BCUT2D eigenvalue weighted by Crippen LogP contribution is 2.40. The van der Waals surface area contributed by atoms with Crippen LogP contribution in [0.2, 0.25) is 0 Å².